The van der Waals surface area contributed by atoms with E-state index in [-0.39, 0.29) is 30.4 Å². The molecule has 92 valence electrons. The van der Waals surface area contributed by atoms with Crippen LogP contribution in [0.5, 0.6) is 0 Å². The molecule has 6 heteroatoms. The molecule has 0 aliphatic rings. The average Bonchev–Trinajstić information content (AvgIpc) is 2.29. The lowest BCUT2D eigenvalue weighted by Crippen LogP contribution is -2.26. The van der Waals surface area contributed by atoms with Gasteiger partial charge in [0.15, 0.2) is 0 Å². The van der Waals surface area contributed by atoms with Gasteiger partial charge in [-0.1, -0.05) is 18.2 Å². The van der Waals surface area contributed by atoms with E-state index >= 15 is 0 Å². The van der Waals surface area contributed by atoms with E-state index in [9.17, 15) is 14.9 Å². The summed E-state index contributed by atoms with van der Waals surface area (Å²) in [4.78, 5) is 23.3. The van der Waals surface area contributed by atoms with E-state index in [4.69, 9.17) is 11.6 Å². The fourth-order valence-corrected chi connectivity index (χ4v) is 1.60. The van der Waals surface area contributed by atoms with Gasteiger partial charge in [0.25, 0.3) is 5.69 Å². The zero-order valence-corrected chi connectivity index (χ0v) is 10.2. The number of rotatable bonds is 5. The van der Waals surface area contributed by atoms with Gasteiger partial charge in [-0.05, 0) is 0 Å². The molecule has 1 aromatic rings. The Bertz CT molecular complexity index is 423. The van der Waals surface area contributed by atoms with Crippen molar-refractivity contribution in [3.8, 4) is 0 Å². The molecule has 0 saturated carbocycles. The third kappa shape index (κ3) is 3.71. The summed E-state index contributed by atoms with van der Waals surface area (Å²) in [7, 11) is 1.60. The Kier molecular flexibility index (Phi) is 4.90. The lowest BCUT2D eigenvalue weighted by Gasteiger charge is -2.16. The summed E-state index contributed by atoms with van der Waals surface area (Å²) in [5.41, 5.74) is 0.543. The smallest absolute Gasteiger partial charge is 0.274 e. The number of hydrogen-bond acceptors (Lipinski definition) is 3. The van der Waals surface area contributed by atoms with Gasteiger partial charge in [0.05, 0.1) is 11.5 Å². The Balaban J connectivity index is 2.81. The first-order chi connectivity index (χ1) is 8.06. The maximum atomic E-state index is 11.5. The van der Waals surface area contributed by atoms with E-state index < -0.39 is 4.92 Å². The molecule has 5 nitrogen and oxygen atoms in total. The van der Waals surface area contributed by atoms with Crippen molar-refractivity contribution in [1.29, 1.82) is 0 Å². The summed E-state index contributed by atoms with van der Waals surface area (Å²) in [6.45, 7) is 0.215. The standard InChI is InChI=1S/C11H13ClN2O3/c1-13(11(15)6-7-12)8-9-4-2-3-5-10(9)14(16)17/h2-5H,6-8H2,1H3. The molecule has 0 unspecified atom stereocenters. The third-order valence-electron chi connectivity index (χ3n) is 2.33. The number of carbonyl (C=O) groups excluding carboxylic acids is 1. The molecule has 0 radical (unpaired) electrons. The van der Waals surface area contributed by atoms with Crippen molar-refractivity contribution in [3.05, 3.63) is 39.9 Å². The Labute approximate surface area is 104 Å². The Morgan fingerprint density at radius 3 is 2.71 bits per heavy atom. The molecule has 1 rings (SSSR count). The highest BCUT2D eigenvalue weighted by Crippen LogP contribution is 2.19. The van der Waals surface area contributed by atoms with Crippen LogP contribution in [0.15, 0.2) is 24.3 Å². The predicted octanol–water partition coefficient (Wildman–Crippen LogP) is 2.18. The van der Waals surface area contributed by atoms with Gasteiger partial charge in [0, 0.05) is 31.0 Å². The van der Waals surface area contributed by atoms with Crippen LogP contribution in [0.4, 0.5) is 5.69 Å². The molecule has 0 aliphatic carbocycles. The number of alkyl halides is 1. The topological polar surface area (TPSA) is 63.4 Å². The van der Waals surface area contributed by atoms with Gasteiger partial charge in [-0.2, -0.15) is 0 Å². The first kappa shape index (κ1) is 13.4. The van der Waals surface area contributed by atoms with E-state index in [0.717, 1.165) is 0 Å². The summed E-state index contributed by atoms with van der Waals surface area (Å²) in [5, 5.41) is 10.8. The van der Waals surface area contributed by atoms with Crippen LogP contribution in [0, 0.1) is 10.1 Å². The zero-order valence-electron chi connectivity index (χ0n) is 9.43. The number of halogens is 1. The molecule has 0 aromatic heterocycles. The van der Waals surface area contributed by atoms with Gasteiger partial charge >= 0.3 is 0 Å². The molecule has 0 saturated heterocycles. The second-order valence-corrected chi connectivity index (χ2v) is 3.95. The lowest BCUT2D eigenvalue weighted by atomic mass is 10.1. The molecule has 0 atom stereocenters. The van der Waals surface area contributed by atoms with E-state index in [2.05, 4.69) is 0 Å². The van der Waals surface area contributed by atoms with Crippen molar-refractivity contribution in [2.45, 2.75) is 13.0 Å². The normalized spacial score (nSPS) is 10.0. The number of nitrogens with zero attached hydrogens (tertiary/aromatic N) is 2. The molecule has 0 spiro atoms. The van der Waals surface area contributed by atoms with E-state index in [1.807, 2.05) is 0 Å². The number of nitro groups is 1. The van der Waals surface area contributed by atoms with Gasteiger partial charge in [-0.15, -0.1) is 11.6 Å². The predicted molar refractivity (Wildman–Crippen MR) is 64.9 cm³/mol. The van der Waals surface area contributed by atoms with Crippen LogP contribution in [-0.2, 0) is 11.3 Å². The van der Waals surface area contributed by atoms with E-state index in [1.165, 1.54) is 11.0 Å². The molecule has 1 amide bonds. The van der Waals surface area contributed by atoms with Gasteiger partial charge < -0.3 is 4.90 Å². The van der Waals surface area contributed by atoms with E-state index in [0.29, 0.717) is 5.56 Å². The van der Waals surface area contributed by atoms with Crippen LogP contribution in [0.2, 0.25) is 0 Å². The van der Waals surface area contributed by atoms with Crippen molar-refractivity contribution in [3.63, 3.8) is 0 Å². The van der Waals surface area contributed by atoms with Crippen LogP contribution in [0.3, 0.4) is 0 Å². The molecular weight excluding hydrogens is 244 g/mol. The summed E-state index contributed by atoms with van der Waals surface area (Å²) in [6, 6.07) is 6.38. The fraction of sp³-hybridized carbons (Fsp3) is 0.364. The summed E-state index contributed by atoms with van der Waals surface area (Å²) >= 11 is 5.47. The van der Waals surface area contributed by atoms with Gasteiger partial charge in [-0.3, -0.25) is 14.9 Å². The van der Waals surface area contributed by atoms with Crippen molar-refractivity contribution in [2.75, 3.05) is 12.9 Å². The quantitative estimate of drug-likeness (QED) is 0.461. The number of carbonyl (C=O) groups is 1. The first-order valence-electron chi connectivity index (χ1n) is 5.08. The van der Waals surface area contributed by atoms with Crippen LogP contribution in [-0.4, -0.2) is 28.7 Å². The molecule has 0 aliphatic heterocycles. The highest BCUT2D eigenvalue weighted by atomic mass is 35.5. The maximum Gasteiger partial charge on any atom is 0.274 e. The molecule has 0 N–H and O–H groups in total. The monoisotopic (exact) mass is 256 g/mol. The van der Waals surface area contributed by atoms with E-state index in [1.54, 1.807) is 25.2 Å². The van der Waals surface area contributed by atoms with Crippen LogP contribution >= 0.6 is 11.6 Å². The highest BCUT2D eigenvalue weighted by Gasteiger charge is 2.16. The minimum Gasteiger partial charge on any atom is -0.341 e. The minimum absolute atomic E-state index is 0.0259. The first-order valence-corrected chi connectivity index (χ1v) is 5.62. The zero-order chi connectivity index (χ0) is 12.8. The molecule has 1 aromatic carbocycles. The van der Waals surface area contributed by atoms with Crippen molar-refractivity contribution < 1.29 is 9.72 Å². The number of hydrogen-bond donors (Lipinski definition) is 0. The Morgan fingerprint density at radius 1 is 1.47 bits per heavy atom. The molecule has 0 bridgehead atoms. The van der Waals surface area contributed by atoms with Crippen LogP contribution in [0.1, 0.15) is 12.0 Å². The number of benzene rings is 1. The Morgan fingerprint density at radius 2 is 2.12 bits per heavy atom. The molecule has 0 fully saturated rings. The minimum atomic E-state index is -0.449. The second kappa shape index (κ2) is 6.20. The maximum absolute atomic E-state index is 11.5. The SMILES string of the molecule is CN(Cc1ccccc1[N+](=O)[O-])C(=O)CCCl. The third-order valence-corrected chi connectivity index (χ3v) is 2.52. The largest absolute Gasteiger partial charge is 0.341 e. The molecule has 0 heterocycles. The highest BCUT2D eigenvalue weighted by molar-refractivity contribution is 6.18. The van der Waals surface area contributed by atoms with Crippen molar-refractivity contribution in [1.82, 2.24) is 4.90 Å². The van der Waals surface area contributed by atoms with Gasteiger partial charge in [0.1, 0.15) is 0 Å². The summed E-state index contributed by atoms with van der Waals surface area (Å²) in [6.07, 6.45) is 0.235. The molecular formula is C11H13ClN2O3. The van der Waals surface area contributed by atoms with Crippen molar-refractivity contribution in [2.24, 2.45) is 0 Å². The van der Waals surface area contributed by atoms with Crippen LogP contribution < -0.4 is 0 Å². The second-order valence-electron chi connectivity index (χ2n) is 3.57. The Hall–Kier alpha value is -1.62. The average molecular weight is 257 g/mol. The van der Waals surface area contributed by atoms with Crippen molar-refractivity contribution >= 4 is 23.2 Å². The summed E-state index contributed by atoms with van der Waals surface area (Å²) < 4.78 is 0. The number of amides is 1. The fourth-order valence-electron chi connectivity index (χ4n) is 1.44. The summed E-state index contributed by atoms with van der Waals surface area (Å²) in [5.74, 6) is 0.123. The number of nitro benzene ring substituents is 1. The lowest BCUT2D eigenvalue weighted by molar-refractivity contribution is -0.385. The molecule has 17 heavy (non-hydrogen) atoms. The van der Waals surface area contributed by atoms with Crippen LogP contribution in [0.25, 0.3) is 0 Å². The van der Waals surface area contributed by atoms with Gasteiger partial charge in [0.2, 0.25) is 5.91 Å². The number of para-hydroxylation sites is 1. The van der Waals surface area contributed by atoms with Gasteiger partial charge in [-0.25, -0.2) is 0 Å².